The number of nitriles is 1. The molecule has 0 radical (unpaired) electrons. The molecule has 0 fully saturated rings. The SMILES string of the molecule is CCC(C)(OC)c1noc(-c2ccnc(C#N)c2)n1. The average Bonchev–Trinajstić information content (AvgIpc) is 2.97. The monoisotopic (exact) mass is 258 g/mol. The predicted molar refractivity (Wildman–Crippen MR) is 66.9 cm³/mol. The lowest BCUT2D eigenvalue weighted by molar-refractivity contribution is -0.0106. The summed E-state index contributed by atoms with van der Waals surface area (Å²) >= 11 is 0. The molecular formula is C13H14N4O2. The molecule has 0 aliphatic carbocycles. The van der Waals surface area contributed by atoms with Crippen LogP contribution in [0, 0.1) is 11.3 Å². The maximum absolute atomic E-state index is 8.82. The summed E-state index contributed by atoms with van der Waals surface area (Å²) in [4.78, 5) is 8.23. The molecule has 0 aliphatic heterocycles. The largest absolute Gasteiger partial charge is 0.370 e. The van der Waals surface area contributed by atoms with Crippen LogP contribution in [-0.4, -0.2) is 22.2 Å². The Balaban J connectivity index is 2.38. The first-order valence-corrected chi connectivity index (χ1v) is 5.89. The van der Waals surface area contributed by atoms with Crippen LogP contribution in [-0.2, 0) is 10.3 Å². The summed E-state index contributed by atoms with van der Waals surface area (Å²) in [5.74, 6) is 0.841. The summed E-state index contributed by atoms with van der Waals surface area (Å²) in [6.07, 6.45) is 2.26. The molecule has 1 atom stereocenters. The summed E-state index contributed by atoms with van der Waals surface area (Å²) in [6, 6.07) is 5.29. The first-order chi connectivity index (χ1) is 9.12. The van der Waals surface area contributed by atoms with Gasteiger partial charge in [-0.05, 0) is 25.5 Å². The third-order valence-corrected chi connectivity index (χ3v) is 3.15. The molecule has 19 heavy (non-hydrogen) atoms. The molecule has 6 heteroatoms. The van der Waals surface area contributed by atoms with Crippen LogP contribution in [0.5, 0.6) is 0 Å². The second-order valence-corrected chi connectivity index (χ2v) is 4.25. The maximum atomic E-state index is 8.82. The van der Waals surface area contributed by atoms with Crippen LogP contribution in [0.3, 0.4) is 0 Å². The maximum Gasteiger partial charge on any atom is 0.258 e. The molecule has 0 N–H and O–H groups in total. The van der Waals surface area contributed by atoms with E-state index in [0.717, 1.165) is 6.42 Å². The van der Waals surface area contributed by atoms with Gasteiger partial charge in [0, 0.05) is 18.9 Å². The van der Waals surface area contributed by atoms with Crippen molar-refractivity contribution in [2.45, 2.75) is 25.9 Å². The van der Waals surface area contributed by atoms with Crippen LogP contribution in [0.4, 0.5) is 0 Å². The lowest BCUT2D eigenvalue weighted by Gasteiger charge is -2.21. The van der Waals surface area contributed by atoms with Gasteiger partial charge in [0.25, 0.3) is 5.89 Å². The van der Waals surface area contributed by atoms with Crippen LogP contribution in [0.15, 0.2) is 22.9 Å². The topological polar surface area (TPSA) is 84.8 Å². The van der Waals surface area contributed by atoms with Gasteiger partial charge >= 0.3 is 0 Å². The third kappa shape index (κ3) is 2.46. The summed E-state index contributed by atoms with van der Waals surface area (Å²) in [5, 5.41) is 12.8. The van der Waals surface area contributed by atoms with Gasteiger partial charge in [0.15, 0.2) is 0 Å². The van der Waals surface area contributed by atoms with Crippen molar-refractivity contribution < 1.29 is 9.26 Å². The van der Waals surface area contributed by atoms with Crippen LogP contribution in [0.1, 0.15) is 31.8 Å². The fourth-order valence-corrected chi connectivity index (χ4v) is 1.57. The van der Waals surface area contributed by atoms with Crippen molar-refractivity contribution in [2.75, 3.05) is 7.11 Å². The second kappa shape index (κ2) is 5.16. The highest BCUT2D eigenvalue weighted by Gasteiger charge is 2.30. The van der Waals surface area contributed by atoms with E-state index < -0.39 is 5.60 Å². The zero-order chi connectivity index (χ0) is 13.9. The van der Waals surface area contributed by atoms with Crippen LogP contribution in [0.25, 0.3) is 11.5 Å². The van der Waals surface area contributed by atoms with Crippen LogP contribution < -0.4 is 0 Å². The number of ether oxygens (including phenoxy) is 1. The fraction of sp³-hybridized carbons (Fsp3) is 0.385. The zero-order valence-electron chi connectivity index (χ0n) is 11.0. The Morgan fingerprint density at radius 2 is 2.32 bits per heavy atom. The number of hydrogen-bond acceptors (Lipinski definition) is 6. The molecule has 0 amide bonds. The number of hydrogen-bond donors (Lipinski definition) is 0. The van der Waals surface area contributed by atoms with Crippen molar-refractivity contribution in [3.63, 3.8) is 0 Å². The van der Waals surface area contributed by atoms with Gasteiger partial charge < -0.3 is 9.26 Å². The Kier molecular flexibility index (Phi) is 3.58. The van der Waals surface area contributed by atoms with Gasteiger partial charge in [0.05, 0.1) is 0 Å². The second-order valence-electron chi connectivity index (χ2n) is 4.25. The van der Waals surface area contributed by atoms with Crippen molar-refractivity contribution in [2.24, 2.45) is 0 Å². The van der Waals surface area contributed by atoms with Gasteiger partial charge in [-0.1, -0.05) is 12.1 Å². The zero-order valence-corrected chi connectivity index (χ0v) is 11.0. The standard InChI is InChI=1S/C13H14N4O2/c1-4-13(2,18-3)12-16-11(19-17-12)9-5-6-15-10(7-9)8-14/h5-7H,4H2,1-3H3. The normalized spacial score (nSPS) is 13.8. The number of nitrogens with zero attached hydrogens (tertiary/aromatic N) is 4. The molecule has 0 aromatic carbocycles. The van der Waals surface area contributed by atoms with Crippen molar-refractivity contribution in [1.29, 1.82) is 5.26 Å². The van der Waals surface area contributed by atoms with Gasteiger partial charge in [-0.25, -0.2) is 4.98 Å². The fourth-order valence-electron chi connectivity index (χ4n) is 1.57. The molecule has 2 aromatic rings. The molecule has 2 aromatic heterocycles. The summed E-state index contributed by atoms with van der Waals surface area (Å²) in [6.45, 7) is 3.88. The summed E-state index contributed by atoms with van der Waals surface area (Å²) in [7, 11) is 1.61. The molecule has 0 spiro atoms. The highest BCUT2D eigenvalue weighted by molar-refractivity contribution is 5.54. The molecule has 0 saturated heterocycles. The predicted octanol–water partition coefficient (Wildman–Crippen LogP) is 2.27. The van der Waals surface area contributed by atoms with E-state index >= 15 is 0 Å². The van der Waals surface area contributed by atoms with E-state index in [2.05, 4.69) is 15.1 Å². The quantitative estimate of drug-likeness (QED) is 0.836. The number of aromatic nitrogens is 3. The molecule has 2 rings (SSSR count). The summed E-state index contributed by atoms with van der Waals surface area (Å²) < 4.78 is 10.6. The van der Waals surface area contributed by atoms with Crippen LogP contribution in [0.2, 0.25) is 0 Å². The highest BCUT2D eigenvalue weighted by Crippen LogP contribution is 2.27. The Morgan fingerprint density at radius 3 is 2.95 bits per heavy atom. The molecule has 0 bridgehead atoms. The first-order valence-electron chi connectivity index (χ1n) is 5.89. The van der Waals surface area contributed by atoms with E-state index in [1.807, 2.05) is 19.9 Å². The van der Waals surface area contributed by atoms with E-state index in [9.17, 15) is 0 Å². The molecular weight excluding hydrogens is 244 g/mol. The molecule has 6 nitrogen and oxygen atoms in total. The van der Waals surface area contributed by atoms with Crippen molar-refractivity contribution in [3.8, 4) is 17.5 Å². The molecule has 0 saturated carbocycles. The number of rotatable bonds is 4. The Labute approximate surface area is 111 Å². The van der Waals surface area contributed by atoms with Gasteiger partial charge in [-0.3, -0.25) is 0 Å². The molecule has 1 unspecified atom stereocenters. The number of methoxy groups -OCH3 is 1. The van der Waals surface area contributed by atoms with E-state index in [0.29, 0.717) is 23.0 Å². The minimum atomic E-state index is -0.577. The van der Waals surface area contributed by atoms with Gasteiger partial charge in [0.1, 0.15) is 17.4 Å². The Morgan fingerprint density at radius 1 is 1.53 bits per heavy atom. The van der Waals surface area contributed by atoms with Crippen LogP contribution >= 0.6 is 0 Å². The van der Waals surface area contributed by atoms with E-state index in [1.54, 1.807) is 19.2 Å². The summed E-state index contributed by atoms with van der Waals surface area (Å²) in [5.41, 5.74) is 0.398. The molecule has 2 heterocycles. The van der Waals surface area contributed by atoms with Gasteiger partial charge in [-0.15, -0.1) is 0 Å². The minimum Gasteiger partial charge on any atom is -0.370 e. The molecule has 0 aliphatic rings. The Hall–Kier alpha value is -2.26. The average molecular weight is 258 g/mol. The van der Waals surface area contributed by atoms with Crippen molar-refractivity contribution >= 4 is 0 Å². The number of pyridine rings is 1. The highest BCUT2D eigenvalue weighted by atomic mass is 16.5. The Bertz CT molecular complexity index is 611. The first kappa shape index (κ1) is 13.2. The molecule has 98 valence electrons. The lowest BCUT2D eigenvalue weighted by Crippen LogP contribution is -2.24. The van der Waals surface area contributed by atoms with Crippen molar-refractivity contribution in [1.82, 2.24) is 15.1 Å². The lowest BCUT2D eigenvalue weighted by atomic mass is 10.0. The smallest absolute Gasteiger partial charge is 0.258 e. The van der Waals surface area contributed by atoms with E-state index in [-0.39, 0.29) is 0 Å². The van der Waals surface area contributed by atoms with Gasteiger partial charge in [-0.2, -0.15) is 10.2 Å². The van der Waals surface area contributed by atoms with E-state index in [1.165, 1.54) is 6.20 Å². The minimum absolute atomic E-state index is 0.308. The van der Waals surface area contributed by atoms with E-state index in [4.69, 9.17) is 14.5 Å². The third-order valence-electron chi connectivity index (χ3n) is 3.15. The van der Waals surface area contributed by atoms with Gasteiger partial charge in [0.2, 0.25) is 5.82 Å². The van der Waals surface area contributed by atoms with Crippen molar-refractivity contribution in [3.05, 3.63) is 29.8 Å².